The van der Waals surface area contributed by atoms with Gasteiger partial charge in [0.25, 0.3) is 5.91 Å². The van der Waals surface area contributed by atoms with E-state index in [-0.39, 0.29) is 24.9 Å². The van der Waals surface area contributed by atoms with Gasteiger partial charge in [0.2, 0.25) is 0 Å². The standard InChI is InChI=1S/C20H32N2O4/c1-4-21(5-2)14-9-10-15-22(16-13-20(24)25-3)19(23)17-26-18-11-7-6-8-12-18/h6-8,11-12H,4-5,9-10,13-17H2,1-3H3. The molecule has 0 atom stereocenters. The highest BCUT2D eigenvalue weighted by Gasteiger charge is 2.16. The van der Waals surface area contributed by atoms with Crippen molar-refractivity contribution < 1.29 is 19.1 Å². The Morgan fingerprint density at radius 2 is 1.62 bits per heavy atom. The summed E-state index contributed by atoms with van der Waals surface area (Å²) in [5.41, 5.74) is 0. The van der Waals surface area contributed by atoms with E-state index in [1.807, 2.05) is 30.3 Å². The van der Waals surface area contributed by atoms with E-state index in [0.717, 1.165) is 32.5 Å². The number of rotatable bonds is 13. The number of amides is 1. The molecular weight excluding hydrogens is 332 g/mol. The highest BCUT2D eigenvalue weighted by molar-refractivity contribution is 5.78. The van der Waals surface area contributed by atoms with Crippen molar-refractivity contribution in [3.05, 3.63) is 30.3 Å². The van der Waals surface area contributed by atoms with Crippen LogP contribution in [0.3, 0.4) is 0 Å². The highest BCUT2D eigenvalue weighted by Crippen LogP contribution is 2.09. The van der Waals surface area contributed by atoms with Crippen LogP contribution in [0.15, 0.2) is 30.3 Å². The molecule has 0 aliphatic heterocycles. The van der Waals surface area contributed by atoms with Gasteiger partial charge in [0.1, 0.15) is 5.75 Å². The average molecular weight is 364 g/mol. The van der Waals surface area contributed by atoms with Gasteiger partial charge in [-0.2, -0.15) is 0 Å². The van der Waals surface area contributed by atoms with E-state index in [1.165, 1.54) is 7.11 Å². The fraction of sp³-hybridized carbons (Fsp3) is 0.600. The molecule has 0 bridgehead atoms. The molecule has 6 heteroatoms. The minimum Gasteiger partial charge on any atom is -0.484 e. The van der Waals surface area contributed by atoms with Crippen molar-refractivity contribution in [2.45, 2.75) is 33.1 Å². The molecule has 0 saturated carbocycles. The normalized spacial score (nSPS) is 10.6. The van der Waals surface area contributed by atoms with E-state index in [0.29, 0.717) is 18.8 Å². The Bertz CT molecular complexity index is 518. The quantitative estimate of drug-likeness (QED) is 0.398. The van der Waals surface area contributed by atoms with Crippen molar-refractivity contribution in [2.24, 2.45) is 0 Å². The fourth-order valence-electron chi connectivity index (χ4n) is 2.62. The van der Waals surface area contributed by atoms with E-state index in [2.05, 4.69) is 23.5 Å². The number of carbonyl (C=O) groups is 2. The first-order valence-corrected chi connectivity index (χ1v) is 9.35. The van der Waals surface area contributed by atoms with Gasteiger partial charge in [0.15, 0.2) is 6.61 Å². The molecule has 1 aromatic carbocycles. The lowest BCUT2D eigenvalue weighted by molar-refractivity contribution is -0.142. The van der Waals surface area contributed by atoms with Gasteiger partial charge in [-0.05, 0) is 44.6 Å². The molecule has 0 fully saturated rings. The van der Waals surface area contributed by atoms with Crippen molar-refractivity contribution >= 4 is 11.9 Å². The molecule has 0 N–H and O–H groups in total. The van der Waals surface area contributed by atoms with Crippen molar-refractivity contribution in [3.8, 4) is 5.75 Å². The molecular formula is C20H32N2O4. The summed E-state index contributed by atoms with van der Waals surface area (Å²) in [7, 11) is 1.36. The van der Waals surface area contributed by atoms with Gasteiger partial charge in [-0.3, -0.25) is 9.59 Å². The van der Waals surface area contributed by atoms with Gasteiger partial charge in [-0.25, -0.2) is 0 Å². The second kappa shape index (κ2) is 13.2. The number of esters is 1. The average Bonchev–Trinajstić information content (AvgIpc) is 2.68. The Labute approximate surface area is 157 Å². The number of ether oxygens (including phenoxy) is 2. The Morgan fingerprint density at radius 1 is 0.962 bits per heavy atom. The number of hydrogen-bond donors (Lipinski definition) is 0. The van der Waals surface area contributed by atoms with Crippen LogP contribution in [0.1, 0.15) is 33.1 Å². The fourth-order valence-corrected chi connectivity index (χ4v) is 2.62. The third-order valence-corrected chi connectivity index (χ3v) is 4.32. The predicted octanol–water partition coefficient (Wildman–Crippen LogP) is 2.58. The van der Waals surface area contributed by atoms with Crippen LogP contribution in [-0.4, -0.2) is 68.1 Å². The van der Waals surface area contributed by atoms with Gasteiger partial charge in [-0.1, -0.05) is 32.0 Å². The predicted molar refractivity (Wildman–Crippen MR) is 102 cm³/mol. The molecule has 0 unspecified atom stereocenters. The molecule has 1 rings (SSSR count). The van der Waals surface area contributed by atoms with Crippen LogP contribution >= 0.6 is 0 Å². The van der Waals surface area contributed by atoms with E-state index >= 15 is 0 Å². The van der Waals surface area contributed by atoms with Crippen LogP contribution in [0.5, 0.6) is 5.75 Å². The lowest BCUT2D eigenvalue weighted by atomic mass is 10.2. The number of nitrogens with zero attached hydrogens (tertiary/aromatic N) is 2. The first-order chi connectivity index (χ1) is 12.6. The summed E-state index contributed by atoms with van der Waals surface area (Å²) in [6.45, 7) is 8.34. The molecule has 6 nitrogen and oxygen atoms in total. The van der Waals surface area contributed by atoms with Crippen LogP contribution in [0.2, 0.25) is 0 Å². The maximum absolute atomic E-state index is 12.5. The van der Waals surface area contributed by atoms with Crippen LogP contribution < -0.4 is 4.74 Å². The maximum atomic E-state index is 12.5. The number of methoxy groups -OCH3 is 1. The number of benzene rings is 1. The van der Waals surface area contributed by atoms with E-state index in [9.17, 15) is 9.59 Å². The maximum Gasteiger partial charge on any atom is 0.307 e. The van der Waals surface area contributed by atoms with E-state index < -0.39 is 0 Å². The van der Waals surface area contributed by atoms with Crippen molar-refractivity contribution in [1.29, 1.82) is 0 Å². The molecule has 0 heterocycles. The molecule has 1 amide bonds. The van der Waals surface area contributed by atoms with Gasteiger partial charge in [0, 0.05) is 13.1 Å². The number of hydrogen-bond acceptors (Lipinski definition) is 5. The van der Waals surface area contributed by atoms with Crippen LogP contribution in [0, 0.1) is 0 Å². The van der Waals surface area contributed by atoms with Gasteiger partial charge >= 0.3 is 5.97 Å². The van der Waals surface area contributed by atoms with Crippen LogP contribution in [0.4, 0.5) is 0 Å². The lowest BCUT2D eigenvalue weighted by Gasteiger charge is -2.23. The molecule has 0 aliphatic carbocycles. The molecule has 0 aromatic heterocycles. The Hall–Kier alpha value is -2.08. The Morgan fingerprint density at radius 3 is 2.23 bits per heavy atom. The minimum absolute atomic E-state index is 0.0266. The number of para-hydroxylation sites is 1. The smallest absolute Gasteiger partial charge is 0.307 e. The zero-order valence-electron chi connectivity index (χ0n) is 16.3. The second-order valence-electron chi connectivity index (χ2n) is 6.04. The molecule has 26 heavy (non-hydrogen) atoms. The molecule has 0 radical (unpaired) electrons. The number of carbonyl (C=O) groups excluding carboxylic acids is 2. The summed E-state index contributed by atoms with van der Waals surface area (Å²) >= 11 is 0. The lowest BCUT2D eigenvalue weighted by Crippen LogP contribution is -2.37. The Kier molecular flexibility index (Phi) is 11.1. The zero-order chi connectivity index (χ0) is 19.2. The van der Waals surface area contributed by atoms with Crippen molar-refractivity contribution in [3.63, 3.8) is 0 Å². The first kappa shape index (κ1) is 22.0. The molecule has 0 saturated heterocycles. The molecule has 146 valence electrons. The highest BCUT2D eigenvalue weighted by atomic mass is 16.5. The summed E-state index contributed by atoms with van der Waals surface area (Å²) in [5.74, 6) is 0.241. The third-order valence-electron chi connectivity index (χ3n) is 4.32. The number of unbranched alkanes of at least 4 members (excludes halogenated alkanes) is 1. The largest absolute Gasteiger partial charge is 0.484 e. The third kappa shape index (κ3) is 8.85. The first-order valence-electron chi connectivity index (χ1n) is 9.35. The zero-order valence-corrected chi connectivity index (χ0v) is 16.3. The molecule has 0 aliphatic rings. The van der Waals surface area contributed by atoms with E-state index in [1.54, 1.807) is 4.90 Å². The van der Waals surface area contributed by atoms with Crippen LogP contribution in [0.25, 0.3) is 0 Å². The summed E-state index contributed by atoms with van der Waals surface area (Å²) in [4.78, 5) is 28.0. The van der Waals surface area contributed by atoms with Crippen molar-refractivity contribution in [1.82, 2.24) is 9.80 Å². The second-order valence-corrected chi connectivity index (χ2v) is 6.04. The van der Waals surface area contributed by atoms with Crippen LogP contribution in [-0.2, 0) is 14.3 Å². The monoisotopic (exact) mass is 364 g/mol. The summed E-state index contributed by atoms with van der Waals surface area (Å²) in [5, 5.41) is 0. The van der Waals surface area contributed by atoms with E-state index in [4.69, 9.17) is 4.74 Å². The molecule has 0 spiro atoms. The van der Waals surface area contributed by atoms with Gasteiger partial charge in [0.05, 0.1) is 13.5 Å². The van der Waals surface area contributed by atoms with Crippen molar-refractivity contribution in [2.75, 3.05) is 46.4 Å². The summed E-state index contributed by atoms with van der Waals surface area (Å²) in [6, 6.07) is 9.25. The van der Waals surface area contributed by atoms with Gasteiger partial charge < -0.3 is 19.3 Å². The summed E-state index contributed by atoms with van der Waals surface area (Å²) < 4.78 is 10.2. The van der Waals surface area contributed by atoms with Gasteiger partial charge in [-0.15, -0.1) is 0 Å². The SMILES string of the molecule is CCN(CC)CCCCN(CCC(=O)OC)C(=O)COc1ccccc1. The Balaban J connectivity index is 2.48. The summed E-state index contributed by atoms with van der Waals surface area (Å²) in [6.07, 6.45) is 2.11. The minimum atomic E-state index is -0.310. The topological polar surface area (TPSA) is 59.1 Å². The molecule has 1 aromatic rings.